The first-order valence-electron chi connectivity index (χ1n) is 10.2. The lowest BCUT2D eigenvalue weighted by atomic mass is 10.2. The van der Waals surface area contributed by atoms with E-state index in [1.807, 2.05) is 60.0 Å². The van der Waals surface area contributed by atoms with Crippen molar-refractivity contribution in [3.05, 3.63) is 100 Å². The van der Waals surface area contributed by atoms with Gasteiger partial charge in [0.15, 0.2) is 11.0 Å². The quantitative estimate of drug-likeness (QED) is 0.286. The van der Waals surface area contributed by atoms with E-state index in [4.69, 9.17) is 0 Å². The van der Waals surface area contributed by atoms with Gasteiger partial charge in [-0.15, -0.1) is 10.2 Å². The second kappa shape index (κ2) is 10.6. The first-order valence-corrected chi connectivity index (χ1v) is 11.9. The van der Waals surface area contributed by atoms with Crippen LogP contribution in [-0.2, 0) is 12.3 Å². The molecule has 4 aromatic rings. The van der Waals surface area contributed by atoms with Crippen molar-refractivity contribution in [3.8, 4) is 5.69 Å². The van der Waals surface area contributed by atoms with E-state index in [0.29, 0.717) is 22.4 Å². The van der Waals surface area contributed by atoms with Gasteiger partial charge in [-0.25, -0.2) is 9.18 Å². The summed E-state index contributed by atoms with van der Waals surface area (Å²) >= 11 is 4.89. The maximum absolute atomic E-state index is 13.2. The Bertz CT molecular complexity index is 1240. The number of nitrogens with one attached hydrogen (secondary N) is 2. The average Bonchev–Trinajstić information content (AvgIpc) is 3.21. The number of aryl methyl sites for hydroxylation is 1. The smallest absolute Gasteiger partial charge is 0.319 e. The van der Waals surface area contributed by atoms with Crippen molar-refractivity contribution in [1.29, 1.82) is 0 Å². The van der Waals surface area contributed by atoms with E-state index in [0.717, 1.165) is 21.3 Å². The van der Waals surface area contributed by atoms with Crippen LogP contribution in [0.2, 0.25) is 0 Å². The highest BCUT2D eigenvalue weighted by atomic mass is 79.9. The van der Waals surface area contributed by atoms with Crippen molar-refractivity contribution in [2.24, 2.45) is 0 Å². The van der Waals surface area contributed by atoms with Crippen molar-refractivity contribution in [3.63, 3.8) is 0 Å². The zero-order valence-corrected chi connectivity index (χ0v) is 20.2. The predicted molar refractivity (Wildman–Crippen MR) is 132 cm³/mol. The minimum atomic E-state index is -0.341. The molecular formula is C24H21BrFN5OS. The molecule has 33 heavy (non-hydrogen) atoms. The fraction of sp³-hybridized carbons (Fsp3) is 0.125. The molecule has 0 unspecified atom stereocenters. The number of nitrogens with zero attached hydrogens (tertiary/aromatic N) is 3. The van der Waals surface area contributed by atoms with Crippen LogP contribution in [0, 0.1) is 12.7 Å². The second-order valence-corrected chi connectivity index (χ2v) is 9.16. The highest BCUT2D eigenvalue weighted by Gasteiger charge is 2.16. The summed E-state index contributed by atoms with van der Waals surface area (Å²) in [5.74, 6) is 0.951. The lowest BCUT2D eigenvalue weighted by Crippen LogP contribution is -2.29. The predicted octanol–water partition coefficient (Wildman–Crippen LogP) is 6.09. The van der Waals surface area contributed by atoms with Gasteiger partial charge in [0.25, 0.3) is 0 Å². The van der Waals surface area contributed by atoms with Crippen LogP contribution in [0.25, 0.3) is 5.69 Å². The molecule has 0 spiro atoms. The van der Waals surface area contributed by atoms with Crippen molar-refractivity contribution >= 4 is 39.4 Å². The molecule has 2 N–H and O–H groups in total. The van der Waals surface area contributed by atoms with Gasteiger partial charge in [0.2, 0.25) is 0 Å². The Labute approximate surface area is 203 Å². The fourth-order valence-electron chi connectivity index (χ4n) is 3.09. The average molecular weight is 526 g/mol. The molecule has 0 radical (unpaired) electrons. The van der Waals surface area contributed by atoms with Gasteiger partial charge in [0.1, 0.15) is 5.82 Å². The summed E-state index contributed by atoms with van der Waals surface area (Å²) in [4.78, 5) is 12.4. The summed E-state index contributed by atoms with van der Waals surface area (Å²) < 4.78 is 16.0. The van der Waals surface area contributed by atoms with E-state index in [1.165, 1.54) is 23.9 Å². The van der Waals surface area contributed by atoms with Crippen LogP contribution in [0.15, 0.2) is 82.4 Å². The lowest BCUT2D eigenvalue weighted by Gasteiger charge is -2.12. The number of urea groups is 1. The molecule has 2 amide bonds. The van der Waals surface area contributed by atoms with Gasteiger partial charge >= 0.3 is 6.03 Å². The molecule has 0 aliphatic heterocycles. The van der Waals surface area contributed by atoms with Crippen LogP contribution in [0.5, 0.6) is 0 Å². The number of rotatable bonds is 7. The van der Waals surface area contributed by atoms with E-state index >= 15 is 0 Å². The molecule has 1 aromatic heterocycles. The van der Waals surface area contributed by atoms with E-state index in [1.54, 1.807) is 12.1 Å². The first kappa shape index (κ1) is 23.0. The van der Waals surface area contributed by atoms with Gasteiger partial charge in [0.05, 0.1) is 6.54 Å². The zero-order chi connectivity index (χ0) is 23.2. The Morgan fingerprint density at radius 3 is 2.55 bits per heavy atom. The number of aromatic nitrogens is 3. The van der Waals surface area contributed by atoms with E-state index < -0.39 is 0 Å². The third kappa shape index (κ3) is 6.21. The lowest BCUT2D eigenvalue weighted by molar-refractivity contribution is 0.251. The maximum Gasteiger partial charge on any atom is 0.319 e. The summed E-state index contributed by atoms with van der Waals surface area (Å²) in [6, 6.07) is 21.4. The summed E-state index contributed by atoms with van der Waals surface area (Å²) in [6.07, 6.45) is 0. The van der Waals surface area contributed by atoms with Gasteiger partial charge in [-0.2, -0.15) is 0 Å². The molecule has 9 heteroatoms. The van der Waals surface area contributed by atoms with Gasteiger partial charge in [0, 0.05) is 21.6 Å². The molecule has 3 aromatic carbocycles. The third-order valence-corrected chi connectivity index (χ3v) is 6.26. The molecule has 0 fully saturated rings. The molecule has 4 rings (SSSR count). The Morgan fingerprint density at radius 2 is 1.82 bits per heavy atom. The Kier molecular flexibility index (Phi) is 7.41. The highest BCUT2D eigenvalue weighted by molar-refractivity contribution is 9.10. The minimum absolute atomic E-state index is 0.192. The normalized spacial score (nSPS) is 10.8. The van der Waals surface area contributed by atoms with Crippen LogP contribution in [0.4, 0.5) is 14.9 Å². The molecule has 0 aliphatic rings. The highest BCUT2D eigenvalue weighted by Crippen LogP contribution is 2.26. The summed E-state index contributed by atoms with van der Waals surface area (Å²) in [5, 5.41) is 15.0. The maximum atomic E-state index is 13.2. The van der Waals surface area contributed by atoms with Crippen LogP contribution in [-0.4, -0.2) is 20.8 Å². The van der Waals surface area contributed by atoms with Crippen LogP contribution >= 0.6 is 27.7 Å². The second-order valence-electron chi connectivity index (χ2n) is 7.30. The number of hydrogen-bond donors (Lipinski definition) is 2. The van der Waals surface area contributed by atoms with E-state index in [2.05, 4.69) is 36.8 Å². The van der Waals surface area contributed by atoms with Gasteiger partial charge in [-0.1, -0.05) is 63.6 Å². The van der Waals surface area contributed by atoms with Crippen molar-refractivity contribution in [1.82, 2.24) is 20.1 Å². The molecule has 0 saturated carbocycles. The Balaban J connectivity index is 1.51. The van der Waals surface area contributed by atoms with Crippen molar-refractivity contribution in [2.45, 2.75) is 24.4 Å². The number of anilines is 1. The molecule has 0 saturated heterocycles. The zero-order valence-electron chi connectivity index (χ0n) is 17.8. The number of hydrogen-bond acceptors (Lipinski definition) is 4. The summed E-state index contributed by atoms with van der Waals surface area (Å²) in [7, 11) is 0. The molecule has 168 valence electrons. The molecular weight excluding hydrogens is 505 g/mol. The summed E-state index contributed by atoms with van der Waals surface area (Å²) in [6.45, 7) is 2.21. The number of carbonyl (C=O) groups is 1. The number of benzene rings is 3. The fourth-order valence-corrected chi connectivity index (χ4v) is 4.42. The first-order chi connectivity index (χ1) is 16.0. The van der Waals surface area contributed by atoms with Crippen LogP contribution in [0.3, 0.4) is 0 Å². The Hall–Kier alpha value is -3.17. The minimum Gasteiger partial charge on any atom is -0.331 e. The summed E-state index contributed by atoms with van der Waals surface area (Å²) in [5.41, 5.74) is 3.70. The standard InChI is InChI=1S/C24H21BrFN5OS/c1-16-5-11-21(12-6-16)31-22(14-27-23(32)28-20-4-2-3-18(25)13-20)29-30-24(31)33-15-17-7-9-19(26)10-8-17/h2-13H,14-15H2,1H3,(H2,27,28,32). The molecule has 1 heterocycles. The van der Waals surface area contributed by atoms with Gasteiger partial charge in [-0.3, -0.25) is 4.57 Å². The van der Waals surface area contributed by atoms with Crippen molar-refractivity contribution < 1.29 is 9.18 Å². The van der Waals surface area contributed by atoms with Gasteiger partial charge in [-0.05, 0) is 55.0 Å². The molecule has 0 aliphatic carbocycles. The number of carbonyl (C=O) groups excluding carboxylic acids is 1. The number of halogens is 2. The number of thioether (sulfide) groups is 1. The van der Waals surface area contributed by atoms with Crippen LogP contribution < -0.4 is 10.6 Å². The van der Waals surface area contributed by atoms with Crippen molar-refractivity contribution in [2.75, 3.05) is 5.32 Å². The topological polar surface area (TPSA) is 71.8 Å². The third-order valence-electron chi connectivity index (χ3n) is 4.76. The van der Waals surface area contributed by atoms with Gasteiger partial charge < -0.3 is 10.6 Å². The molecule has 0 atom stereocenters. The SMILES string of the molecule is Cc1ccc(-n2c(CNC(=O)Nc3cccc(Br)c3)nnc2SCc2ccc(F)cc2)cc1. The Morgan fingerprint density at radius 1 is 1.06 bits per heavy atom. The largest absolute Gasteiger partial charge is 0.331 e. The van der Waals surface area contributed by atoms with Crippen LogP contribution in [0.1, 0.15) is 17.0 Å². The molecule has 6 nitrogen and oxygen atoms in total. The van der Waals surface area contributed by atoms with E-state index in [9.17, 15) is 9.18 Å². The molecule has 0 bridgehead atoms. The number of amides is 2. The van der Waals surface area contributed by atoms with E-state index in [-0.39, 0.29) is 18.4 Å². The monoisotopic (exact) mass is 525 g/mol.